The van der Waals surface area contributed by atoms with Gasteiger partial charge in [0.25, 0.3) is 0 Å². The third kappa shape index (κ3) is 2.20. The van der Waals surface area contributed by atoms with Crippen LogP contribution in [-0.4, -0.2) is 30.0 Å². The molecule has 1 N–H and O–H groups in total. The van der Waals surface area contributed by atoms with E-state index in [-0.39, 0.29) is 5.78 Å². The Morgan fingerprint density at radius 2 is 2.06 bits per heavy atom. The summed E-state index contributed by atoms with van der Waals surface area (Å²) in [6.45, 7) is 1.47. The van der Waals surface area contributed by atoms with Crippen LogP contribution >= 0.6 is 0 Å². The zero-order valence-electron chi connectivity index (χ0n) is 10.5. The van der Waals surface area contributed by atoms with Crippen LogP contribution in [-0.2, 0) is 0 Å². The molecule has 0 bridgehead atoms. The molecule has 0 fully saturated rings. The summed E-state index contributed by atoms with van der Waals surface area (Å²) in [6.07, 6.45) is 1.61. The van der Waals surface area contributed by atoms with Crippen molar-refractivity contribution in [2.45, 2.75) is 6.92 Å². The Labute approximate surface area is 105 Å². The summed E-state index contributed by atoms with van der Waals surface area (Å²) in [5, 5.41) is 0. The molecule has 0 saturated carbocycles. The number of Topliss-reactive ketones (excluding diaryl/α,β-unsaturated/α-hetero) is 1. The van der Waals surface area contributed by atoms with E-state index in [0.717, 1.165) is 11.3 Å². The van der Waals surface area contributed by atoms with E-state index in [1.165, 1.54) is 6.92 Å². The lowest BCUT2D eigenvalue weighted by Crippen LogP contribution is -1.94. The molecule has 0 amide bonds. The van der Waals surface area contributed by atoms with Gasteiger partial charge in [-0.15, -0.1) is 0 Å². The Bertz CT molecular complexity index is 575. The van der Waals surface area contributed by atoms with Crippen LogP contribution in [0.2, 0.25) is 0 Å². The lowest BCUT2D eigenvalue weighted by Gasteiger charge is -2.08. The number of carbonyl (C=O) groups excluding carboxylic acids is 1. The molecule has 0 aliphatic heterocycles. The molecule has 0 spiro atoms. The van der Waals surface area contributed by atoms with E-state index < -0.39 is 0 Å². The number of nitrogens with one attached hydrogen (secondary N) is 1. The smallest absolute Gasteiger partial charge is 0.194 e. The van der Waals surface area contributed by atoms with E-state index in [1.54, 1.807) is 26.5 Å². The van der Waals surface area contributed by atoms with Crippen LogP contribution in [0.4, 0.5) is 0 Å². The maximum atomic E-state index is 11.2. The average Bonchev–Trinajstić information content (AvgIpc) is 2.87. The number of aromatic nitrogens is 2. The van der Waals surface area contributed by atoms with Gasteiger partial charge in [0.1, 0.15) is 11.5 Å². The predicted molar refractivity (Wildman–Crippen MR) is 67.1 cm³/mol. The maximum absolute atomic E-state index is 11.2. The Kier molecular flexibility index (Phi) is 3.32. The Hall–Kier alpha value is -2.30. The van der Waals surface area contributed by atoms with Crippen LogP contribution in [0.5, 0.6) is 11.5 Å². The molecule has 18 heavy (non-hydrogen) atoms. The van der Waals surface area contributed by atoms with E-state index in [2.05, 4.69) is 9.97 Å². The second kappa shape index (κ2) is 4.91. The van der Waals surface area contributed by atoms with E-state index in [4.69, 9.17) is 9.47 Å². The Balaban J connectivity index is 2.45. The van der Waals surface area contributed by atoms with Crippen LogP contribution in [0.15, 0.2) is 24.4 Å². The highest BCUT2D eigenvalue weighted by Crippen LogP contribution is 2.32. The molecule has 5 heteroatoms. The van der Waals surface area contributed by atoms with E-state index in [9.17, 15) is 4.79 Å². The molecule has 1 aromatic heterocycles. The molecule has 5 nitrogen and oxygen atoms in total. The number of ether oxygens (including phenoxy) is 2. The molecule has 0 atom stereocenters. The zero-order valence-corrected chi connectivity index (χ0v) is 10.5. The first-order valence-corrected chi connectivity index (χ1v) is 5.44. The third-order valence-corrected chi connectivity index (χ3v) is 2.61. The minimum absolute atomic E-state index is 0.103. The van der Waals surface area contributed by atoms with Crippen LogP contribution in [0.3, 0.4) is 0 Å². The number of methoxy groups -OCH3 is 2. The van der Waals surface area contributed by atoms with E-state index >= 15 is 0 Å². The van der Waals surface area contributed by atoms with Gasteiger partial charge in [-0.05, 0) is 12.1 Å². The second-order valence-corrected chi connectivity index (χ2v) is 3.77. The fourth-order valence-electron chi connectivity index (χ4n) is 1.66. The van der Waals surface area contributed by atoms with Crippen molar-refractivity contribution in [2.24, 2.45) is 0 Å². The van der Waals surface area contributed by atoms with Gasteiger partial charge < -0.3 is 14.5 Å². The number of ketones is 1. The van der Waals surface area contributed by atoms with Crippen LogP contribution in [0.1, 0.15) is 17.5 Å². The van der Waals surface area contributed by atoms with Gasteiger partial charge in [-0.1, -0.05) is 0 Å². The fourth-order valence-corrected chi connectivity index (χ4v) is 1.66. The van der Waals surface area contributed by atoms with Crippen LogP contribution in [0.25, 0.3) is 11.3 Å². The quantitative estimate of drug-likeness (QED) is 0.841. The summed E-state index contributed by atoms with van der Waals surface area (Å²) in [4.78, 5) is 18.2. The first-order valence-electron chi connectivity index (χ1n) is 5.44. The number of nitrogens with zero attached hydrogens (tertiary/aromatic N) is 1. The van der Waals surface area contributed by atoms with Gasteiger partial charge >= 0.3 is 0 Å². The Morgan fingerprint density at radius 3 is 2.61 bits per heavy atom. The van der Waals surface area contributed by atoms with Crippen molar-refractivity contribution < 1.29 is 14.3 Å². The number of carbonyl (C=O) groups is 1. The molecule has 0 radical (unpaired) electrons. The van der Waals surface area contributed by atoms with Crippen molar-refractivity contribution >= 4 is 5.78 Å². The number of H-pyrrole nitrogens is 1. The second-order valence-electron chi connectivity index (χ2n) is 3.77. The van der Waals surface area contributed by atoms with E-state index in [0.29, 0.717) is 17.3 Å². The van der Waals surface area contributed by atoms with Crippen LogP contribution in [0, 0.1) is 0 Å². The maximum Gasteiger partial charge on any atom is 0.194 e. The molecule has 2 rings (SSSR count). The lowest BCUT2D eigenvalue weighted by atomic mass is 10.1. The molecule has 1 aromatic carbocycles. The number of benzene rings is 1. The fraction of sp³-hybridized carbons (Fsp3) is 0.231. The minimum Gasteiger partial charge on any atom is -0.497 e. The number of aromatic amines is 1. The summed E-state index contributed by atoms with van der Waals surface area (Å²) < 4.78 is 10.4. The SMILES string of the molecule is COc1ccc(-c2cnc(C(C)=O)[nH]2)c(OC)c1. The number of imidazole rings is 1. The van der Waals surface area contributed by atoms with Gasteiger partial charge in [-0.3, -0.25) is 4.79 Å². The highest BCUT2D eigenvalue weighted by Gasteiger charge is 2.11. The van der Waals surface area contributed by atoms with Crippen LogP contribution < -0.4 is 9.47 Å². The highest BCUT2D eigenvalue weighted by molar-refractivity contribution is 5.91. The molecule has 0 saturated heterocycles. The molecule has 2 aromatic rings. The minimum atomic E-state index is -0.103. The monoisotopic (exact) mass is 246 g/mol. The standard InChI is InChI=1S/C13H14N2O3/c1-8(16)13-14-7-11(15-13)10-5-4-9(17-2)6-12(10)18-3/h4-7H,1-3H3,(H,14,15). The van der Waals surface area contributed by atoms with Gasteiger partial charge in [0.2, 0.25) is 0 Å². The summed E-state index contributed by atoms with van der Waals surface area (Å²) in [7, 11) is 3.18. The van der Waals surface area contributed by atoms with Crippen molar-refractivity contribution in [3.63, 3.8) is 0 Å². The topological polar surface area (TPSA) is 64.2 Å². The molecule has 0 aliphatic carbocycles. The third-order valence-electron chi connectivity index (χ3n) is 2.61. The normalized spacial score (nSPS) is 10.2. The largest absolute Gasteiger partial charge is 0.497 e. The summed E-state index contributed by atoms with van der Waals surface area (Å²) in [5.41, 5.74) is 1.57. The molecule has 1 heterocycles. The lowest BCUT2D eigenvalue weighted by molar-refractivity contribution is 0.100. The Morgan fingerprint density at radius 1 is 1.28 bits per heavy atom. The van der Waals surface area contributed by atoms with Crippen molar-refractivity contribution in [3.05, 3.63) is 30.2 Å². The number of hydrogen-bond donors (Lipinski definition) is 1. The summed E-state index contributed by atoms with van der Waals surface area (Å²) in [5.74, 6) is 1.60. The number of rotatable bonds is 4. The molecular formula is C13H14N2O3. The molecule has 94 valence electrons. The first kappa shape index (κ1) is 12.2. The van der Waals surface area contributed by atoms with Crippen molar-refractivity contribution in [1.29, 1.82) is 0 Å². The number of hydrogen-bond acceptors (Lipinski definition) is 4. The van der Waals surface area contributed by atoms with Gasteiger partial charge in [0.15, 0.2) is 11.6 Å². The first-order chi connectivity index (χ1) is 8.65. The van der Waals surface area contributed by atoms with E-state index in [1.807, 2.05) is 12.1 Å². The van der Waals surface area contributed by atoms with Gasteiger partial charge in [0, 0.05) is 18.6 Å². The molecule has 0 aliphatic rings. The predicted octanol–water partition coefficient (Wildman–Crippen LogP) is 2.30. The molecular weight excluding hydrogens is 232 g/mol. The van der Waals surface area contributed by atoms with Gasteiger partial charge in [0.05, 0.1) is 26.1 Å². The van der Waals surface area contributed by atoms with Gasteiger partial charge in [-0.2, -0.15) is 0 Å². The zero-order chi connectivity index (χ0) is 13.1. The van der Waals surface area contributed by atoms with Gasteiger partial charge in [-0.25, -0.2) is 4.98 Å². The summed E-state index contributed by atoms with van der Waals surface area (Å²) in [6, 6.07) is 5.46. The van der Waals surface area contributed by atoms with Crippen molar-refractivity contribution in [3.8, 4) is 22.8 Å². The van der Waals surface area contributed by atoms with Crippen molar-refractivity contribution in [2.75, 3.05) is 14.2 Å². The molecule has 0 unspecified atom stereocenters. The van der Waals surface area contributed by atoms with Crippen molar-refractivity contribution in [1.82, 2.24) is 9.97 Å². The summed E-state index contributed by atoms with van der Waals surface area (Å²) >= 11 is 0. The highest BCUT2D eigenvalue weighted by atomic mass is 16.5. The average molecular weight is 246 g/mol.